The first-order chi connectivity index (χ1) is 9.78. The van der Waals surface area contributed by atoms with Crippen LogP contribution in [0.2, 0.25) is 0 Å². The van der Waals surface area contributed by atoms with Gasteiger partial charge in [-0.25, -0.2) is 0 Å². The van der Waals surface area contributed by atoms with E-state index >= 15 is 0 Å². The molecule has 2 nitrogen and oxygen atoms in total. The molecule has 1 unspecified atom stereocenters. The Balaban J connectivity index is 2.06. The van der Waals surface area contributed by atoms with Gasteiger partial charge >= 0.3 is 0 Å². The van der Waals surface area contributed by atoms with Gasteiger partial charge in [0.05, 0.1) is 0 Å². The summed E-state index contributed by atoms with van der Waals surface area (Å²) >= 11 is 0. The zero-order chi connectivity index (χ0) is 14.4. The molecule has 1 fully saturated rings. The molecule has 112 valence electrons. The minimum Gasteiger partial charge on any atom is -0.271 e. The van der Waals surface area contributed by atoms with E-state index in [0.717, 1.165) is 12.3 Å². The van der Waals surface area contributed by atoms with Crippen molar-refractivity contribution in [2.45, 2.75) is 64.8 Å². The van der Waals surface area contributed by atoms with Gasteiger partial charge < -0.3 is 0 Å². The lowest BCUT2D eigenvalue weighted by atomic mass is 9.76. The van der Waals surface area contributed by atoms with Gasteiger partial charge in [0.15, 0.2) is 0 Å². The second kappa shape index (κ2) is 7.80. The van der Waals surface area contributed by atoms with Gasteiger partial charge in [-0.15, -0.1) is 0 Å². The number of hydrogen-bond acceptors (Lipinski definition) is 2. The molecule has 0 heterocycles. The number of aryl methyl sites for hydroxylation is 1. The first kappa shape index (κ1) is 15.5. The Kier molecular flexibility index (Phi) is 6.06. The Morgan fingerprint density at radius 2 is 1.95 bits per heavy atom. The molecule has 0 amide bonds. The Morgan fingerprint density at radius 1 is 1.20 bits per heavy atom. The fourth-order valence-corrected chi connectivity index (χ4v) is 3.67. The van der Waals surface area contributed by atoms with Crippen LogP contribution in [0.5, 0.6) is 0 Å². The summed E-state index contributed by atoms with van der Waals surface area (Å²) in [4.78, 5) is 0. The minimum atomic E-state index is 0.324. The first-order valence-electron chi connectivity index (χ1n) is 8.33. The quantitative estimate of drug-likeness (QED) is 0.597. The van der Waals surface area contributed by atoms with Gasteiger partial charge in [0.2, 0.25) is 0 Å². The van der Waals surface area contributed by atoms with Crippen LogP contribution in [0.4, 0.5) is 0 Å². The third kappa shape index (κ3) is 3.83. The lowest BCUT2D eigenvalue weighted by Crippen LogP contribution is -2.35. The van der Waals surface area contributed by atoms with Crippen molar-refractivity contribution in [2.75, 3.05) is 0 Å². The molecule has 0 radical (unpaired) electrons. The molecule has 20 heavy (non-hydrogen) atoms. The van der Waals surface area contributed by atoms with E-state index in [0.29, 0.717) is 12.0 Å². The molecule has 3 N–H and O–H groups in total. The fraction of sp³-hybridized carbons (Fsp3) is 0.667. The maximum absolute atomic E-state index is 5.88. The van der Waals surface area contributed by atoms with Gasteiger partial charge in [-0.2, -0.15) is 0 Å². The van der Waals surface area contributed by atoms with Gasteiger partial charge in [0.1, 0.15) is 0 Å². The van der Waals surface area contributed by atoms with Crippen molar-refractivity contribution in [1.29, 1.82) is 0 Å². The summed E-state index contributed by atoms with van der Waals surface area (Å²) in [7, 11) is 0. The van der Waals surface area contributed by atoms with Gasteiger partial charge in [-0.05, 0) is 42.2 Å². The molecule has 1 atom stereocenters. The molecule has 2 rings (SSSR count). The average molecular weight is 274 g/mol. The summed E-state index contributed by atoms with van der Waals surface area (Å²) in [6, 6.07) is 9.32. The maximum atomic E-state index is 5.88. The highest BCUT2D eigenvalue weighted by molar-refractivity contribution is 5.26. The SMILES string of the molecule is CCCc1cccc(C(NN)C2CCC(CC)CC2)c1. The summed E-state index contributed by atoms with van der Waals surface area (Å²) in [6.07, 6.45) is 9.05. The Hall–Kier alpha value is -0.860. The van der Waals surface area contributed by atoms with Crippen LogP contribution in [0.1, 0.15) is 69.5 Å². The Labute approximate surface area is 124 Å². The minimum absolute atomic E-state index is 0.324. The summed E-state index contributed by atoms with van der Waals surface area (Å²) in [5, 5.41) is 0. The van der Waals surface area contributed by atoms with Crippen LogP contribution in [0.15, 0.2) is 24.3 Å². The standard InChI is InChI=1S/C18H30N2/c1-3-6-15-7-5-8-17(13-15)18(20-19)16-11-9-14(4-2)10-12-16/h5,7-8,13-14,16,18,20H,3-4,6,9-12,19H2,1-2H3. The number of hydrogen-bond donors (Lipinski definition) is 2. The molecule has 1 aromatic carbocycles. The summed E-state index contributed by atoms with van der Waals surface area (Å²) < 4.78 is 0. The fourth-order valence-electron chi connectivity index (χ4n) is 3.67. The van der Waals surface area contributed by atoms with Crippen molar-refractivity contribution >= 4 is 0 Å². The third-order valence-electron chi connectivity index (χ3n) is 4.97. The van der Waals surface area contributed by atoms with Crippen molar-refractivity contribution in [3.05, 3.63) is 35.4 Å². The van der Waals surface area contributed by atoms with E-state index in [1.54, 1.807) is 0 Å². The van der Waals surface area contributed by atoms with E-state index < -0.39 is 0 Å². The van der Waals surface area contributed by atoms with E-state index in [1.807, 2.05) is 0 Å². The Bertz CT molecular complexity index is 394. The van der Waals surface area contributed by atoms with Crippen LogP contribution in [-0.4, -0.2) is 0 Å². The van der Waals surface area contributed by atoms with Gasteiger partial charge in [0.25, 0.3) is 0 Å². The molecular weight excluding hydrogens is 244 g/mol. The molecule has 2 heteroatoms. The molecule has 0 aliphatic heterocycles. The Morgan fingerprint density at radius 3 is 2.55 bits per heavy atom. The average Bonchev–Trinajstić information content (AvgIpc) is 2.49. The molecule has 1 aliphatic rings. The van der Waals surface area contributed by atoms with E-state index in [-0.39, 0.29) is 0 Å². The summed E-state index contributed by atoms with van der Waals surface area (Å²) in [5.74, 6) is 7.51. The highest BCUT2D eigenvalue weighted by Gasteiger charge is 2.27. The van der Waals surface area contributed by atoms with Crippen LogP contribution in [-0.2, 0) is 6.42 Å². The van der Waals surface area contributed by atoms with Crippen molar-refractivity contribution in [3.8, 4) is 0 Å². The van der Waals surface area contributed by atoms with Crippen LogP contribution < -0.4 is 11.3 Å². The highest BCUT2D eigenvalue weighted by Crippen LogP contribution is 2.37. The lowest BCUT2D eigenvalue weighted by Gasteiger charge is -2.33. The number of nitrogens with one attached hydrogen (secondary N) is 1. The highest BCUT2D eigenvalue weighted by atomic mass is 15.2. The predicted octanol–water partition coefficient (Wildman–Crippen LogP) is 4.36. The van der Waals surface area contributed by atoms with Crippen molar-refractivity contribution < 1.29 is 0 Å². The predicted molar refractivity (Wildman–Crippen MR) is 86.2 cm³/mol. The molecule has 1 aliphatic carbocycles. The maximum Gasteiger partial charge on any atom is 0.0488 e. The zero-order valence-corrected chi connectivity index (χ0v) is 13.1. The van der Waals surface area contributed by atoms with Gasteiger partial charge in [-0.3, -0.25) is 11.3 Å². The van der Waals surface area contributed by atoms with Crippen LogP contribution in [0.3, 0.4) is 0 Å². The molecule has 0 aromatic heterocycles. The van der Waals surface area contributed by atoms with E-state index in [1.165, 1.54) is 49.7 Å². The van der Waals surface area contributed by atoms with Crippen molar-refractivity contribution in [1.82, 2.24) is 5.43 Å². The number of rotatable bonds is 6. The summed E-state index contributed by atoms with van der Waals surface area (Å²) in [6.45, 7) is 4.55. The van der Waals surface area contributed by atoms with Crippen LogP contribution >= 0.6 is 0 Å². The van der Waals surface area contributed by atoms with Gasteiger partial charge in [-0.1, -0.05) is 63.8 Å². The lowest BCUT2D eigenvalue weighted by molar-refractivity contribution is 0.219. The van der Waals surface area contributed by atoms with Gasteiger partial charge in [0, 0.05) is 6.04 Å². The normalized spacial score (nSPS) is 24.6. The topological polar surface area (TPSA) is 38.0 Å². The molecule has 0 saturated heterocycles. The smallest absolute Gasteiger partial charge is 0.0488 e. The number of benzene rings is 1. The molecule has 0 spiro atoms. The monoisotopic (exact) mass is 274 g/mol. The summed E-state index contributed by atoms with van der Waals surface area (Å²) in [5.41, 5.74) is 5.90. The second-order valence-electron chi connectivity index (χ2n) is 6.33. The van der Waals surface area contributed by atoms with Crippen molar-refractivity contribution in [3.63, 3.8) is 0 Å². The van der Waals surface area contributed by atoms with E-state index in [4.69, 9.17) is 5.84 Å². The van der Waals surface area contributed by atoms with E-state index in [2.05, 4.69) is 43.5 Å². The second-order valence-corrected chi connectivity index (χ2v) is 6.33. The first-order valence-corrected chi connectivity index (χ1v) is 8.33. The zero-order valence-electron chi connectivity index (χ0n) is 13.1. The number of hydrazine groups is 1. The molecule has 0 bridgehead atoms. The largest absolute Gasteiger partial charge is 0.271 e. The third-order valence-corrected chi connectivity index (χ3v) is 4.97. The van der Waals surface area contributed by atoms with Crippen LogP contribution in [0, 0.1) is 11.8 Å². The van der Waals surface area contributed by atoms with Crippen LogP contribution in [0.25, 0.3) is 0 Å². The van der Waals surface area contributed by atoms with E-state index in [9.17, 15) is 0 Å². The molecule has 1 aromatic rings. The number of nitrogens with two attached hydrogens (primary N) is 1. The molecule has 1 saturated carbocycles. The molecular formula is C18H30N2. The van der Waals surface area contributed by atoms with Crippen molar-refractivity contribution in [2.24, 2.45) is 17.7 Å².